The highest BCUT2D eigenvalue weighted by atomic mass is 32.2. The van der Waals surface area contributed by atoms with Gasteiger partial charge >= 0.3 is 0 Å². The summed E-state index contributed by atoms with van der Waals surface area (Å²) in [5.74, 6) is 1.56. The number of carbonyl (C=O) groups is 1. The Hall–Kier alpha value is -2.71. The molecule has 1 N–H and O–H groups in total. The standard InChI is InChI=1S/C19H16N2O4S2/c1-27(23)10-12-3-2-4-14(7-12)20-18(22)15-9-26-19(21-15)13-5-6-16-17(8-13)25-11-24-16/h2-9H,10-11H2,1H3,(H,20,22). The number of rotatable bonds is 5. The highest BCUT2D eigenvalue weighted by Gasteiger charge is 2.17. The van der Waals surface area contributed by atoms with E-state index in [1.807, 2.05) is 36.4 Å². The molecule has 0 radical (unpaired) electrons. The van der Waals surface area contributed by atoms with Crippen molar-refractivity contribution in [1.29, 1.82) is 0 Å². The third-order valence-corrected chi connectivity index (χ3v) is 5.54. The lowest BCUT2D eigenvalue weighted by Gasteiger charge is -2.05. The third kappa shape index (κ3) is 4.01. The lowest BCUT2D eigenvalue weighted by atomic mass is 10.2. The van der Waals surface area contributed by atoms with Crippen LogP contribution in [0.1, 0.15) is 16.1 Å². The number of carbonyl (C=O) groups excluding carboxylic acids is 1. The molecule has 138 valence electrons. The highest BCUT2D eigenvalue weighted by molar-refractivity contribution is 7.83. The Labute approximate surface area is 162 Å². The minimum atomic E-state index is -0.934. The van der Waals surface area contributed by atoms with E-state index in [1.54, 1.807) is 17.7 Å². The number of benzene rings is 2. The van der Waals surface area contributed by atoms with Crippen LogP contribution in [-0.2, 0) is 16.6 Å². The molecule has 1 aliphatic rings. The Balaban J connectivity index is 1.50. The molecule has 0 fully saturated rings. The smallest absolute Gasteiger partial charge is 0.275 e. The first-order valence-corrected chi connectivity index (χ1v) is 10.7. The molecule has 0 spiro atoms. The largest absolute Gasteiger partial charge is 0.454 e. The molecule has 0 bridgehead atoms. The first-order valence-electron chi connectivity index (χ1n) is 8.14. The Morgan fingerprint density at radius 2 is 2.07 bits per heavy atom. The van der Waals surface area contributed by atoms with Crippen molar-refractivity contribution in [3.63, 3.8) is 0 Å². The minimum absolute atomic E-state index is 0.217. The summed E-state index contributed by atoms with van der Waals surface area (Å²) in [6.45, 7) is 0.217. The number of nitrogens with zero attached hydrogens (tertiary/aromatic N) is 1. The SMILES string of the molecule is CS(=O)Cc1cccc(NC(=O)c2csc(-c3ccc4c(c3)OCO4)n2)c1. The molecular weight excluding hydrogens is 384 g/mol. The molecule has 8 heteroatoms. The van der Waals surface area contributed by atoms with E-state index < -0.39 is 10.8 Å². The number of hydrogen-bond donors (Lipinski definition) is 1. The monoisotopic (exact) mass is 400 g/mol. The number of anilines is 1. The van der Waals surface area contributed by atoms with Gasteiger partial charge in [0.25, 0.3) is 5.91 Å². The van der Waals surface area contributed by atoms with Gasteiger partial charge < -0.3 is 14.8 Å². The maximum Gasteiger partial charge on any atom is 0.275 e. The molecule has 0 aliphatic carbocycles. The van der Waals surface area contributed by atoms with E-state index in [0.717, 1.165) is 16.1 Å². The van der Waals surface area contributed by atoms with Crippen molar-refractivity contribution >= 4 is 33.7 Å². The maximum atomic E-state index is 12.5. The van der Waals surface area contributed by atoms with Gasteiger partial charge in [-0.2, -0.15) is 0 Å². The van der Waals surface area contributed by atoms with Crippen LogP contribution >= 0.6 is 11.3 Å². The van der Waals surface area contributed by atoms with Crippen LogP contribution < -0.4 is 14.8 Å². The zero-order chi connectivity index (χ0) is 18.8. The van der Waals surface area contributed by atoms with Gasteiger partial charge in [0.05, 0.1) is 0 Å². The number of thiazole rings is 1. The Morgan fingerprint density at radius 3 is 2.93 bits per heavy atom. The van der Waals surface area contributed by atoms with Gasteiger partial charge in [-0.15, -0.1) is 11.3 Å². The summed E-state index contributed by atoms with van der Waals surface area (Å²) >= 11 is 1.39. The number of amides is 1. The predicted octanol–water partition coefficient (Wildman–Crippen LogP) is 3.67. The molecule has 1 aromatic heterocycles. The molecule has 2 heterocycles. The lowest BCUT2D eigenvalue weighted by molar-refractivity contribution is 0.102. The molecule has 3 aromatic rings. The van der Waals surface area contributed by atoms with Crippen LogP contribution in [0.5, 0.6) is 11.5 Å². The number of fused-ring (bicyclic) bond motifs is 1. The van der Waals surface area contributed by atoms with Crippen molar-refractivity contribution in [2.75, 3.05) is 18.4 Å². The van der Waals surface area contributed by atoms with Gasteiger partial charge in [0.15, 0.2) is 11.5 Å². The highest BCUT2D eigenvalue weighted by Crippen LogP contribution is 2.36. The first kappa shape index (κ1) is 17.7. The lowest BCUT2D eigenvalue weighted by Crippen LogP contribution is -2.12. The van der Waals surface area contributed by atoms with Crippen LogP contribution in [0.4, 0.5) is 5.69 Å². The van der Waals surface area contributed by atoms with Crippen LogP contribution in [-0.4, -0.2) is 28.1 Å². The number of aromatic nitrogens is 1. The fraction of sp³-hybridized carbons (Fsp3) is 0.158. The molecule has 1 amide bonds. The molecule has 27 heavy (non-hydrogen) atoms. The average molecular weight is 400 g/mol. The normalized spacial score (nSPS) is 13.4. The van der Waals surface area contributed by atoms with Gasteiger partial charge in [-0.1, -0.05) is 12.1 Å². The topological polar surface area (TPSA) is 77.5 Å². The molecule has 1 unspecified atom stereocenters. The van der Waals surface area contributed by atoms with E-state index in [2.05, 4.69) is 10.3 Å². The second kappa shape index (κ2) is 7.50. The summed E-state index contributed by atoms with van der Waals surface area (Å²) in [6.07, 6.45) is 1.65. The average Bonchev–Trinajstić information content (AvgIpc) is 3.30. The summed E-state index contributed by atoms with van der Waals surface area (Å²) in [4.78, 5) is 16.9. The van der Waals surface area contributed by atoms with Gasteiger partial charge in [-0.05, 0) is 35.9 Å². The molecular formula is C19H16N2O4S2. The van der Waals surface area contributed by atoms with Crippen LogP contribution in [0.2, 0.25) is 0 Å². The van der Waals surface area contributed by atoms with Gasteiger partial charge in [0, 0.05) is 39.4 Å². The zero-order valence-electron chi connectivity index (χ0n) is 14.4. The fourth-order valence-electron chi connectivity index (χ4n) is 2.71. The van der Waals surface area contributed by atoms with Crippen molar-refractivity contribution in [2.45, 2.75) is 5.75 Å². The molecule has 4 rings (SSSR count). The second-order valence-electron chi connectivity index (χ2n) is 5.98. The van der Waals surface area contributed by atoms with Crippen LogP contribution in [0.3, 0.4) is 0 Å². The van der Waals surface area contributed by atoms with Crippen molar-refractivity contribution in [3.05, 3.63) is 59.1 Å². The Bertz CT molecular complexity index is 1030. The molecule has 1 atom stereocenters. The minimum Gasteiger partial charge on any atom is -0.454 e. The summed E-state index contributed by atoms with van der Waals surface area (Å²) < 4.78 is 22.1. The molecule has 0 saturated heterocycles. The Morgan fingerprint density at radius 1 is 1.22 bits per heavy atom. The van der Waals surface area contributed by atoms with Crippen molar-refractivity contribution in [1.82, 2.24) is 4.98 Å². The third-order valence-electron chi connectivity index (χ3n) is 3.91. The summed E-state index contributed by atoms with van der Waals surface area (Å²) in [7, 11) is -0.934. The first-order chi connectivity index (χ1) is 13.1. The van der Waals surface area contributed by atoms with Crippen molar-refractivity contribution in [2.24, 2.45) is 0 Å². The van der Waals surface area contributed by atoms with E-state index in [1.165, 1.54) is 11.3 Å². The van der Waals surface area contributed by atoms with Gasteiger partial charge in [0.2, 0.25) is 6.79 Å². The number of ether oxygens (including phenoxy) is 2. The molecule has 2 aromatic carbocycles. The van der Waals surface area contributed by atoms with Crippen LogP contribution in [0.25, 0.3) is 10.6 Å². The molecule has 1 aliphatic heterocycles. The summed E-state index contributed by atoms with van der Waals surface area (Å²) in [6, 6.07) is 12.9. The van der Waals surface area contributed by atoms with Crippen molar-refractivity contribution in [3.8, 4) is 22.1 Å². The van der Waals surface area contributed by atoms with Gasteiger partial charge in [-0.25, -0.2) is 4.98 Å². The van der Waals surface area contributed by atoms with Gasteiger partial charge in [0.1, 0.15) is 10.7 Å². The summed E-state index contributed by atoms with van der Waals surface area (Å²) in [5, 5.41) is 5.29. The number of hydrogen-bond acceptors (Lipinski definition) is 6. The van der Waals surface area contributed by atoms with E-state index in [0.29, 0.717) is 28.6 Å². The fourth-order valence-corrected chi connectivity index (χ4v) is 4.15. The quantitative estimate of drug-likeness (QED) is 0.707. The van der Waals surface area contributed by atoms with Crippen LogP contribution in [0, 0.1) is 0 Å². The van der Waals surface area contributed by atoms with E-state index in [4.69, 9.17) is 9.47 Å². The maximum absolute atomic E-state index is 12.5. The summed E-state index contributed by atoms with van der Waals surface area (Å²) in [5.41, 5.74) is 2.78. The van der Waals surface area contributed by atoms with E-state index in [9.17, 15) is 9.00 Å². The van der Waals surface area contributed by atoms with E-state index >= 15 is 0 Å². The zero-order valence-corrected chi connectivity index (χ0v) is 16.1. The second-order valence-corrected chi connectivity index (χ2v) is 8.27. The number of nitrogens with one attached hydrogen (secondary N) is 1. The van der Waals surface area contributed by atoms with Crippen LogP contribution in [0.15, 0.2) is 47.8 Å². The predicted molar refractivity (Wildman–Crippen MR) is 106 cm³/mol. The Kier molecular flexibility index (Phi) is 4.91. The van der Waals surface area contributed by atoms with E-state index in [-0.39, 0.29) is 12.7 Å². The molecule has 6 nitrogen and oxygen atoms in total. The van der Waals surface area contributed by atoms with Crippen molar-refractivity contribution < 1.29 is 18.5 Å². The molecule has 0 saturated carbocycles. The van der Waals surface area contributed by atoms with Gasteiger partial charge in [-0.3, -0.25) is 9.00 Å².